The highest BCUT2D eigenvalue weighted by atomic mass is 16.5. The molecule has 0 aromatic heterocycles. The summed E-state index contributed by atoms with van der Waals surface area (Å²) in [5.74, 6) is 1.48. The maximum atomic E-state index is 5.70. The second-order valence-corrected chi connectivity index (χ2v) is 5.82. The van der Waals surface area contributed by atoms with Crippen LogP contribution in [0.1, 0.15) is 32.8 Å². The molecule has 1 heterocycles. The van der Waals surface area contributed by atoms with E-state index in [2.05, 4.69) is 31.2 Å². The van der Waals surface area contributed by atoms with Crippen molar-refractivity contribution in [3.8, 4) is 5.75 Å². The number of nitrogens with two attached hydrogens (primary N) is 1. The van der Waals surface area contributed by atoms with Gasteiger partial charge in [0.2, 0.25) is 0 Å². The zero-order chi connectivity index (χ0) is 13.9. The van der Waals surface area contributed by atoms with Crippen LogP contribution in [0.25, 0.3) is 0 Å². The van der Waals surface area contributed by atoms with Gasteiger partial charge in [0.1, 0.15) is 5.75 Å². The Labute approximate surface area is 116 Å². The van der Waals surface area contributed by atoms with Crippen molar-refractivity contribution in [2.24, 2.45) is 11.7 Å². The normalized spacial score (nSPS) is 19.0. The van der Waals surface area contributed by atoms with Crippen LogP contribution in [0.5, 0.6) is 5.75 Å². The second kappa shape index (κ2) is 5.93. The zero-order valence-corrected chi connectivity index (χ0v) is 12.2. The number of hydrogen-bond acceptors (Lipinski definition) is 3. The van der Waals surface area contributed by atoms with Crippen LogP contribution in [-0.2, 0) is 10.2 Å². The van der Waals surface area contributed by atoms with Crippen molar-refractivity contribution < 1.29 is 9.47 Å². The molecule has 0 saturated carbocycles. The van der Waals surface area contributed by atoms with Gasteiger partial charge in [0.25, 0.3) is 0 Å². The molecule has 19 heavy (non-hydrogen) atoms. The molecule has 0 amide bonds. The van der Waals surface area contributed by atoms with Crippen molar-refractivity contribution in [1.29, 1.82) is 0 Å². The van der Waals surface area contributed by atoms with Crippen molar-refractivity contribution in [2.75, 3.05) is 19.8 Å². The predicted molar refractivity (Wildman–Crippen MR) is 77.5 cm³/mol. The van der Waals surface area contributed by atoms with Crippen LogP contribution in [0, 0.1) is 5.92 Å². The number of hydrogen-bond donors (Lipinski definition) is 1. The Morgan fingerprint density at radius 3 is 2.26 bits per heavy atom. The van der Waals surface area contributed by atoms with Gasteiger partial charge in [0.05, 0.1) is 19.3 Å². The Kier molecular flexibility index (Phi) is 4.48. The maximum Gasteiger partial charge on any atom is 0.119 e. The Morgan fingerprint density at radius 2 is 1.84 bits per heavy atom. The topological polar surface area (TPSA) is 44.5 Å². The molecule has 1 fully saturated rings. The summed E-state index contributed by atoms with van der Waals surface area (Å²) >= 11 is 0. The van der Waals surface area contributed by atoms with Gasteiger partial charge in [-0.3, -0.25) is 0 Å². The molecule has 1 unspecified atom stereocenters. The Morgan fingerprint density at radius 1 is 1.21 bits per heavy atom. The number of benzene rings is 1. The lowest BCUT2D eigenvalue weighted by atomic mass is 9.68. The minimum atomic E-state index is 0.149. The lowest BCUT2D eigenvalue weighted by molar-refractivity contribution is -0.0883. The van der Waals surface area contributed by atoms with E-state index in [1.54, 1.807) is 0 Å². The van der Waals surface area contributed by atoms with Crippen LogP contribution in [0.2, 0.25) is 0 Å². The first-order chi connectivity index (χ1) is 9.08. The molecule has 2 rings (SSSR count). The molecular formula is C16H25NO2. The number of rotatable bonds is 6. The van der Waals surface area contributed by atoms with Gasteiger partial charge in [-0.1, -0.05) is 19.1 Å². The molecule has 0 spiro atoms. The molecule has 1 aromatic carbocycles. The fourth-order valence-electron chi connectivity index (χ4n) is 2.72. The Balaban J connectivity index is 2.15. The van der Waals surface area contributed by atoms with Crippen molar-refractivity contribution in [3.05, 3.63) is 29.8 Å². The van der Waals surface area contributed by atoms with Crippen LogP contribution in [0.3, 0.4) is 0 Å². The molecule has 1 saturated heterocycles. The van der Waals surface area contributed by atoms with Gasteiger partial charge in [-0.05, 0) is 50.4 Å². The molecule has 3 nitrogen and oxygen atoms in total. The van der Waals surface area contributed by atoms with E-state index in [4.69, 9.17) is 15.2 Å². The third-order valence-electron chi connectivity index (χ3n) is 4.06. The van der Waals surface area contributed by atoms with Crippen molar-refractivity contribution in [3.63, 3.8) is 0 Å². The average Bonchev–Trinajstić information content (AvgIpc) is 2.29. The zero-order valence-electron chi connectivity index (χ0n) is 12.2. The molecule has 0 bridgehead atoms. The minimum absolute atomic E-state index is 0.149. The monoisotopic (exact) mass is 263 g/mol. The van der Waals surface area contributed by atoms with E-state index in [9.17, 15) is 0 Å². The molecule has 1 aromatic rings. The van der Waals surface area contributed by atoms with Crippen LogP contribution in [-0.4, -0.2) is 25.9 Å². The molecule has 1 aliphatic rings. The number of ether oxygens (including phenoxy) is 2. The lowest BCUT2D eigenvalue weighted by Gasteiger charge is -2.46. The lowest BCUT2D eigenvalue weighted by Crippen LogP contribution is -2.52. The summed E-state index contributed by atoms with van der Waals surface area (Å²) in [6, 6.07) is 8.47. The summed E-state index contributed by atoms with van der Waals surface area (Å²) in [5.41, 5.74) is 7.19. The summed E-state index contributed by atoms with van der Waals surface area (Å²) in [6.45, 7) is 8.69. The van der Waals surface area contributed by atoms with Crippen LogP contribution in [0.4, 0.5) is 0 Å². The van der Waals surface area contributed by atoms with E-state index in [1.165, 1.54) is 5.56 Å². The molecule has 1 aliphatic heterocycles. The quantitative estimate of drug-likeness (QED) is 0.858. The second-order valence-electron chi connectivity index (χ2n) is 5.82. The van der Waals surface area contributed by atoms with Crippen LogP contribution < -0.4 is 10.5 Å². The van der Waals surface area contributed by atoms with E-state index in [0.717, 1.165) is 31.9 Å². The van der Waals surface area contributed by atoms with Gasteiger partial charge in [-0.15, -0.1) is 0 Å². The van der Waals surface area contributed by atoms with E-state index in [-0.39, 0.29) is 11.5 Å². The molecule has 106 valence electrons. The predicted octanol–water partition coefficient (Wildman–Crippen LogP) is 2.73. The van der Waals surface area contributed by atoms with Crippen LogP contribution >= 0.6 is 0 Å². The third kappa shape index (κ3) is 2.93. The van der Waals surface area contributed by atoms with E-state index < -0.39 is 0 Å². The average molecular weight is 263 g/mol. The standard InChI is InChI=1S/C16H25NO2/c1-12(2)19-15-6-4-14(5-7-15)16(10-18-11-16)13(3)8-9-17/h4-7,12-13H,8-11,17H2,1-3H3. The largest absolute Gasteiger partial charge is 0.491 e. The molecule has 0 aliphatic carbocycles. The van der Waals surface area contributed by atoms with Crippen molar-refractivity contribution in [1.82, 2.24) is 0 Å². The maximum absolute atomic E-state index is 5.70. The van der Waals surface area contributed by atoms with Gasteiger partial charge in [0.15, 0.2) is 0 Å². The minimum Gasteiger partial charge on any atom is -0.491 e. The van der Waals surface area contributed by atoms with Gasteiger partial charge < -0.3 is 15.2 Å². The highest BCUT2D eigenvalue weighted by molar-refractivity contribution is 5.34. The highest BCUT2D eigenvalue weighted by Crippen LogP contribution is 2.41. The van der Waals surface area contributed by atoms with Gasteiger partial charge in [0, 0.05) is 5.41 Å². The van der Waals surface area contributed by atoms with Gasteiger partial charge in [-0.25, -0.2) is 0 Å². The summed E-state index contributed by atoms with van der Waals surface area (Å²) in [5, 5.41) is 0. The summed E-state index contributed by atoms with van der Waals surface area (Å²) < 4.78 is 11.2. The van der Waals surface area contributed by atoms with Gasteiger partial charge >= 0.3 is 0 Å². The van der Waals surface area contributed by atoms with Crippen LogP contribution in [0.15, 0.2) is 24.3 Å². The Bertz CT molecular complexity index is 396. The van der Waals surface area contributed by atoms with Gasteiger partial charge in [-0.2, -0.15) is 0 Å². The van der Waals surface area contributed by atoms with E-state index in [0.29, 0.717) is 5.92 Å². The SMILES string of the molecule is CC(C)Oc1ccc(C2(C(C)CCN)COC2)cc1. The van der Waals surface area contributed by atoms with Crippen molar-refractivity contribution in [2.45, 2.75) is 38.7 Å². The van der Waals surface area contributed by atoms with E-state index in [1.807, 2.05) is 13.8 Å². The fraction of sp³-hybridized carbons (Fsp3) is 0.625. The third-order valence-corrected chi connectivity index (χ3v) is 4.06. The first-order valence-electron chi connectivity index (χ1n) is 7.13. The summed E-state index contributed by atoms with van der Waals surface area (Å²) in [4.78, 5) is 0. The molecule has 0 radical (unpaired) electrons. The smallest absolute Gasteiger partial charge is 0.119 e. The first kappa shape index (κ1) is 14.4. The van der Waals surface area contributed by atoms with E-state index >= 15 is 0 Å². The molecule has 1 atom stereocenters. The molecule has 2 N–H and O–H groups in total. The molecular weight excluding hydrogens is 238 g/mol. The molecule has 3 heteroatoms. The summed E-state index contributed by atoms with van der Waals surface area (Å²) in [6.07, 6.45) is 1.25. The van der Waals surface area contributed by atoms with Crippen molar-refractivity contribution >= 4 is 0 Å². The fourth-order valence-corrected chi connectivity index (χ4v) is 2.72. The first-order valence-corrected chi connectivity index (χ1v) is 7.13. The highest BCUT2D eigenvalue weighted by Gasteiger charge is 2.44. The Hall–Kier alpha value is -1.06. The summed E-state index contributed by atoms with van der Waals surface area (Å²) in [7, 11) is 0.